The molecule has 0 amide bonds. The normalized spacial score (nSPS) is 8.72. The Kier molecular flexibility index (Phi) is 92.7. The van der Waals surface area contributed by atoms with Gasteiger partial charge in [-0.25, -0.2) is 16.5 Å². The van der Waals surface area contributed by atoms with Gasteiger partial charge in [0.2, 0.25) is 5.78 Å². The molecule has 33 heteroatoms. The number of hydrazone groups is 1. The zero-order valence-electron chi connectivity index (χ0n) is 70.4. The summed E-state index contributed by atoms with van der Waals surface area (Å²) in [6, 6.07) is 80.4. The Morgan fingerprint density at radius 1 is 0.529 bits per heavy atom. The number of Topliss-reactive ketones (excluding diaryl/α,β-unsaturated/α-hetero) is 1. The quantitative estimate of drug-likeness (QED) is 0.00924. The summed E-state index contributed by atoms with van der Waals surface area (Å²) in [4.78, 5) is 37.1. The molecular formula is C86H104Cl4N16NaO7PY4-4. The van der Waals surface area contributed by atoms with E-state index in [4.69, 9.17) is 40.0 Å². The first-order chi connectivity index (χ1) is 53.4. The summed E-state index contributed by atoms with van der Waals surface area (Å²) >= 11 is 19.9. The summed E-state index contributed by atoms with van der Waals surface area (Å²) in [7, 11) is 0. The molecule has 4 aromatic heterocycles. The van der Waals surface area contributed by atoms with E-state index in [0.717, 1.165) is 55.6 Å². The number of nitrogens with two attached hydrogens (primary N) is 4. The number of fused-ring (bicyclic) bond motifs is 1. The molecule has 4 heterocycles. The molecule has 0 aliphatic heterocycles. The van der Waals surface area contributed by atoms with Crippen molar-refractivity contribution in [2.75, 3.05) is 32.1 Å². The molecule has 119 heavy (non-hydrogen) atoms. The van der Waals surface area contributed by atoms with Crippen molar-refractivity contribution in [1.82, 2.24) is 40.8 Å². The van der Waals surface area contributed by atoms with E-state index in [1.807, 2.05) is 292 Å². The number of ether oxygens (including phenoxy) is 1. The maximum absolute atomic E-state index is 12.2. The average molecular weight is 2030 g/mol. The summed E-state index contributed by atoms with van der Waals surface area (Å²) in [5.74, 6) is 13.1. The number of H-pyrrole nitrogens is 2. The molecule has 0 aliphatic rings. The first-order valence-corrected chi connectivity index (χ1v) is 39.2. The molecule has 0 atom stereocenters. The van der Waals surface area contributed by atoms with Gasteiger partial charge < -0.3 is 61.1 Å². The van der Waals surface area contributed by atoms with Crippen LogP contribution in [0.5, 0.6) is 0 Å². The van der Waals surface area contributed by atoms with Crippen LogP contribution in [0.3, 0.4) is 0 Å². The van der Waals surface area contributed by atoms with Gasteiger partial charge in [-0.3, -0.25) is 30.9 Å². The van der Waals surface area contributed by atoms with E-state index in [1.165, 1.54) is 0 Å². The van der Waals surface area contributed by atoms with Crippen molar-refractivity contribution in [2.24, 2.45) is 22.6 Å². The van der Waals surface area contributed by atoms with Crippen molar-refractivity contribution < 1.29 is 189 Å². The second-order valence-electron chi connectivity index (χ2n) is 19.6. The van der Waals surface area contributed by atoms with Crippen LogP contribution in [0.4, 0.5) is 5.82 Å². The molecule has 8 aromatic carbocycles. The number of aliphatic hydroxyl groups excluding tert-OH is 1. The second-order valence-corrected chi connectivity index (χ2v) is 26.6. The maximum Gasteiger partial charge on any atom is 1.00 e. The third-order valence-corrected chi connectivity index (χ3v) is 13.2. The summed E-state index contributed by atoms with van der Waals surface area (Å²) in [5.41, 5.74) is 17.9. The van der Waals surface area contributed by atoms with Gasteiger partial charge in [0.1, 0.15) is 46.1 Å². The molecule has 0 aliphatic carbocycles. The number of aromatic amines is 2. The average Bonchev–Trinajstić information content (AvgIpc) is 1.74. The Morgan fingerprint density at radius 3 is 1.15 bits per heavy atom. The van der Waals surface area contributed by atoms with E-state index in [1.54, 1.807) is 32.9 Å². The molecule has 0 bridgehead atoms. The molecule has 0 saturated heterocycles. The molecule has 0 saturated carbocycles. The fraction of sp³-hybridized carbons (Fsp3) is 0.174. The molecule has 12 rings (SSSR count). The van der Waals surface area contributed by atoms with Crippen molar-refractivity contribution in [3.63, 3.8) is 0 Å². The van der Waals surface area contributed by atoms with Crippen molar-refractivity contribution in [1.29, 1.82) is 10.5 Å². The van der Waals surface area contributed by atoms with Gasteiger partial charge in [-0.1, -0.05) is 317 Å². The van der Waals surface area contributed by atoms with E-state index in [2.05, 4.69) is 107 Å². The molecule has 23 nitrogen and oxygen atoms in total. The summed E-state index contributed by atoms with van der Waals surface area (Å²) in [5, 5.41) is 66.7. The number of carbonyl (C=O) groups excluding carboxylic acids is 2. The van der Waals surface area contributed by atoms with Crippen LogP contribution in [-0.2, 0) is 145 Å². The van der Waals surface area contributed by atoms with E-state index < -0.39 is 16.7 Å². The Bertz CT molecular complexity index is 4820. The topological polar surface area (TPSA) is 398 Å². The van der Waals surface area contributed by atoms with Gasteiger partial charge in [-0.2, -0.15) is 25.8 Å². The number of aliphatic hydroxyl groups is 1. The van der Waals surface area contributed by atoms with Gasteiger partial charge in [0.15, 0.2) is 16.6 Å². The largest absolute Gasteiger partial charge is 1.00 e. The fourth-order valence-electron chi connectivity index (χ4n) is 8.92. The number of benzene rings is 8. The molecule has 11 N–H and O–H groups in total. The number of nitrogen functional groups attached to an aromatic ring is 1. The summed E-state index contributed by atoms with van der Waals surface area (Å²) in [6.07, 6.45) is 0. The van der Waals surface area contributed by atoms with Crippen LogP contribution in [0.1, 0.15) is 103 Å². The molecule has 0 spiro atoms. The van der Waals surface area contributed by atoms with Gasteiger partial charge >= 0.3 is 47.3 Å². The number of nitrogens with one attached hydrogen (secondary N) is 2. The minimum Gasteiger partial charge on any atom is -0.855 e. The van der Waals surface area contributed by atoms with Crippen molar-refractivity contribution in [2.45, 2.75) is 76.2 Å². The Hall–Kier alpha value is -6.20. The SMILES string of the molecule is CC.CC.CC.CC.CCO.CC[O-].N#Cc1c(-c2ccccc2)c(-c2ccccc2)n[nH]c1=O.N#Cc1c(Cl)nnc(-c2ccccc2)c1-c1ccccc1.NN.NN=C(C(=O)c1ccccc1)c1ccccc1.Nc1n[nH]c2nnc(-c3ccccc3)c(-c3ccccc3)c12.O=P(Cl)(Cl)Cl.[C-]#[N+]CC(=O)OCC.[CH3-].[CH3-].[CH3-].[CH3-].[Na+].[Y].[Y].[Y].[Y]. The first-order valence-electron chi connectivity index (χ1n) is 34.4. The summed E-state index contributed by atoms with van der Waals surface area (Å²) < 4.78 is 13.9. The number of aromatic nitrogens is 8. The van der Waals surface area contributed by atoms with Crippen molar-refractivity contribution in [3.8, 4) is 79.3 Å². The number of nitrogens with zero attached hydrogens (tertiary/aromatic N) is 10. The Labute approximate surface area is 846 Å². The molecule has 0 fully saturated rings. The predicted molar refractivity (Wildman–Crippen MR) is 474 cm³/mol. The van der Waals surface area contributed by atoms with E-state index in [0.29, 0.717) is 51.7 Å². The molecule has 0 unspecified atom stereocenters. The van der Waals surface area contributed by atoms with Gasteiger partial charge in [0, 0.05) is 182 Å². The number of halogens is 4. The number of hydrogen-bond acceptors (Lipinski definition) is 20. The number of hydrazine groups is 1. The minimum atomic E-state index is -3.22. The fourth-order valence-corrected chi connectivity index (χ4v) is 9.10. The standard InChI is InChI=1S/C17H10ClN3.C17H13N5.C17H11N3O.C14H12N2O.C5H7NO2.C2H6O.C2H5O.4C2H6.4CH3.Cl3OP.H4N2.Na.4Y/c18-17-14(11-19)15(12-7-3-1-4-8-12)16(20-21-17)13-9-5-2-6-10-13;18-16-14-13(11-7-3-1-4-8-11)15(12-9-5-2-6-10-12)19-21-17(14)22-20-16;18-11-14-15(12-7-3-1-4-8-12)16(19-20-17(14)21)13-9-5-2-6-10-13;15-16-13(11-7-3-1-4-8-11)14(17)12-9-5-2-6-10-12;1-3-8-5(7)4-6-2;2*1-2-3;4*1-2;;;;;1-5(2,3)4;1-2;;;;;/h1-10H;1-10H,(H3,18,20,21,22);1-10H,(H,20,21);1-10H,15H2;3-4H2,1H3;3H,2H2,1H3;2H2,1H3;4*1-2H3;4*1H3;;1-2H2;;;;;/q;;;;;;-1;;;;;4*-1;;;+1;;;;. The monoisotopic (exact) mass is 2020 g/mol. The predicted octanol–water partition coefficient (Wildman–Crippen LogP) is 17.2. The van der Waals surface area contributed by atoms with Gasteiger partial charge in [0.05, 0.1) is 12.0 Å². The molecular weight excluding hydrogens is 1920 g/mol. The van der Waals surface area contributed by atoms with Crippen LogP contribution >= 0.6 is 50.5 Å². The third-order valence-electron chi connectivity index (χ3n) is 12.9. The number of ketones is 1. The van der Waals surface area contributed by atoms with Crippen LogP contribution in [0.15, 0.2) is 253 Å². The Balaban J connectivity index is -0.000000147. The van der Waals surface area contributed by atoms with Crippen molar-refractivity contribution in [3.05, 3.63) is 322 Å². The maximum atomic E-state index is 12.2. The van der Waals surface area contributed by atoms with E-state index in [-0.39, 0.29) is 232 Å². The number of rotatable bonds is 11. The Morgan fingerprint density at radius 2 is 0.824 bits per heavy atom. The summed E-state index contributed by atoms with van der Waals surface area (Å²) in [6.45, 7) is 27.6. The molecule has 12 aromatic rings. The zero-order valence-corrected chi connectivity index (χ0v) is 87.6. The van der Waals surface area contributed by atoms with Crippen LogP contribution in [0.25, 0.3) is 83.0 Å². The number of esters is 1. The zero-order chi connectivity index (χ0) is 82.7. The van der Waals surface area contributed by atoms with E-state index in [9.17, 15) is 29.5 Å². The third kappa shape index (κ3) is 49.0. The van der Waals surface area contributed by atoms with E-state index >= 15 is 0 Å². The van der Waals surface area contributed by atoms with Gasteiger partial charge in [0.25, 0.3) is 5.56 Å². The van der Waals surface area contributed by atoms with Gasteiger partial charge in [-0.05, 0) is 64.3 Å². The molecule has 4 radical (unpaired) electrons. The van der Waals surface area contributed by atoms with Crippen LogP contribution < -0.4 is 63.5 Å². The number of hydrogen-bond donors (Lipinski definition) is 7. The number of anilines is 1. The molecule has 620 valence electrons. The van der Waals surface area contributed by atoms with Crippen LogP contribution in [0.2, 0.25) is 5.15 Å². The first kappa shape index (κ1) is 133. The van der Waals surface area contributed by atoms with Crippen LogP contribution in [0, 0.1) is 58.9 Å². The number of nitriles is 2. The van der Waals surface area contributed by atoms with Crippen LogP contribution in [-0.4, -0.2) is 89.7 Å². The number of carbonyl (C=O) groups is 2. The van der Waals surface area contributed by atoms with Crippen molar-refractivity contribution >= 4 is 84.8 Å². The second kappa shape index (κ2) is 82.7. The minimum absolute atomic E-state index is 0. The smallest absolute Gasteiger partial charge is 0.855 e. The van der Waals surface area contributed by atoms with Gasteiger partial charge in [-0.15, -0.1) is 27.0 Å².